The van der Waals surface area contributed by atoms with Crippen LogP contribution in [0.15, 0.2) is 29.4 Å². The molecule has 0 spiro atoms. The van der Waals surface area contributed by atoms with E-state index in [1.807, 2.05) is 5.43 Å². The molecule has 0 fully saturated rings. The van der Waals surface area contributed by atoms with Gasteiger partial charge in [-0.15, -0.1) is 0 Å². The number of hydrogen-bond acceptors (Lipinski definition) is 5. The van der Waals surface area contributed by atoms with Crippen molar-refractivity contribution in [1.29, 1.82) is 0 Å². The van der Waals surface area contributed by atoms with Crippen molar-refractivity contribution in [2.45, 2.75) is 13.3 Å². The lowest BCUT2D eigenvalue weighted by molar-refractivity contribution is -0.139. The fourth-order valence-corrected chi connectivity index (χ4v) is 1.48. The Balaban J connectivity index is 2.47. The van der Waals surface area contributed by atoms with Gasteiger partial charge in [0.2, 0.25) is 5.91 Å². The SMILES string of the molecule is C/C(CC(=O)Nc1ccccc1F)=N/NC(=O)C(=O)NCCO. The molecule has 9 heteroatoms. The first-order chi connectivity index (χ1) is 10.9. The average Bonchev–Trinajstić information content (AvgIpc) is 2.52. The molecule has 0 heterocycles. The summed E-state index contributed by atoms with van der Waals surface area (Å²) in [5, 5.41) is 16.6. The van der Waals surface area contributed by atoms with Gasteiger partial charge in [0.15, 0.2) is 0 Å². The normalized spacial score (nSPS) is 10.8. The quantitative estimate of drug-likeness (QED) is 0.328. The van der Waals surface area contributed by atoms with Crippen molar-refractivity contribution in [2.24, 2.45) is 5.10 Å². The largest absolute Gasteiger partial charge is 0.395 e. The molecule has 23 heavy (non-hydrogen) atoms. The zero-order chi connectivity index (χ0) is 17.2. The first-order valence-electron chi connectivity index (χ1n) is 6.70. The molecular formula is C14H17FN4O4. The van der Waals surface area contributed by atoms with Gasteiger partial charge >= 0.3 is 11.8 Å². The Kier molecular flexibility index (Phi) is 7.34. The van der Waals surface area contributed by atoms with Crippen LogP contribution in [0.1, 0.15) is 13.3 Å². The van der Waals surface area contributed by atoms with Gasteiger partial charge in [0, 0.05) is 12.3 Å². The Hall–Kier alpha value is -2.81. The van der Waals surface area contributed by atoms with Crippen molar-refractivity contribution < 1.29 is 23.9 Å². The third kappa shape index (κ3) is 6.66. The van der Waals surface area contributed by atoms with Gasteiger partial charge in [0.1, 0.15) is 5.82 Å². The molecule has 0 aliphatic rings. The van der Waals surface area contributed by atoms with Gasteiger partial charge in [-0.1, -0.05) is 12.1 Å². The minimum atomic E-state index is -1.02. The number of anilines is 1. The molecule has 0 bridgehead atoms. The Bertz CT molecular complexity index is 619. The molecule has 3 amide bonds. The average molecular weight is 324 g/mol. The number of carbonyl (C=O) groups excluding carboxylic acids is 3. The van der Waals surface area contributed by atoms with Crippen LogP contribution in [0.25, 0.3) is 0 Å². The zero-order valence-electron chi connectivity index (χ0n) is 12.4. The molecule has 0 saturated carbocycles. The van der Waals surface area contributed by atoms with Crippen LogP contribution in [0.3, 0.4) is 0 Å². The van der Waals surface area contributed by atoms with E-state index in [9.17, 15) is 18.8 Å². The van der Waals surface area contributed by atoms with Crippen LogP contribution in [0.2, 0.25) is 0 Å². The molecule has 8 nitrogen and oxygen atoms in total. The van der Waals surface area contributed by atoms with Crippen LogP contribution in [0.5, 0.6) is 0 Å². The molecule has 1 aromatic carbocycles. The van der Waals surface area contributed by atoms with Crippen molar-refractivity contribution in [3.05, 3.63) is 30.1 Å². The van der Waals surface area contributed by atoms with E-state index >= 15 is 0 Å². The monoisotopic (exact) mass is 324 g/mol. The van der Waals surface area contributed by atoms with E-state index in [1.165, 1.54) is 25.1 Å². The van der Waals surface area contributed by atoms with E-state index in [-0.39, 0.29) is 31.0 Å². The molecule has 0 aromatic heterocycles. The Morgan fingerprint density at radius 3 is 2.57 bits per heavy atom. The van der Waals surface area contributed by atoms with E-state index in [2.05, 4.69) is 15.7 Å². The first-order valence-corrected chi connectivity index (χ1v) is 6.70. The molecule has 1 aromatic rings. The summed E-state index contributed by atoms with van der Waals surface area (Å²) in [5.41, 5.74) is 2.24. The summed E-state index contributed by atoms with van der Waals surface area (Å²) in [6.07, 6.45) is -0.188. The van der Waals surface area contributed by atoms with E-state index in [1.54, 1.807) is 6.07 Å². The zero-order valence-corrected chi connectivity index (χ0v) is 12.4. The number of hydrazone groups is 1. The molecule has 124 valence electrons. The maximum Gasteiger partial charge on any atom is 0.329 e. The highest BCUT2D eigenvalue weighted by Gasteiger charge is 2.12. The van der Waals surface area contributed by atoms with Gasteiger partial charge < -0.3 is 15.7 Å². The lowest BCUT2D eigenvalue weighted by atomic mass is 10.2. The fourth-order valence-electron chi connectivity index (χ4n) is 1.48. The highest BCUT2D eigenvalue weighted by atomic mass is 19.1. The number of halogens is 1. The van der Waals surface area contributed by atoms with Gasteiger partial charge in [-0.3, -0.25) is 14.4 Å². The summed E-state index contributed by atoms with van der Waals surface area (Å²) in [5.74, 6) is -3.06. The maximum absolute atomic E-state index is 13.4. The molecule has 0 aliphatic carbocycles. The van der Waals surface area contributed by atoms with E-state index < -0.39 is 23.5 Å². The van der Waals surface area contributed by atoms with Gasteiger partial charge in [0.05, 0.1) is 18.7 Å². The van der Waals surface area contributed by atoms with Crippen LogP contribution in [-0.2, 0) is 14.4 Å². The second kappa shape index (κ2) is 9.26. The molecule has 1 rings (SSSR count). The van der Waals surface area contributed by atoms with Gasteiger partial charge in [-0.25, -0.2) is 9.82 Å². The maximum atomic E-state index is 13.4. The summed E-state index contributed by atoms with van der Waals surface area (Å²) in [6.45, 7) is 1.12. The van der Waals surface area contributed by atoms with Gasteiger partial charge in [0.25, 0.3) is 0 Å². The van der Waals surface area contributed by atoms with Crippen molar-refractivity contribution in [2.75, 3.05) is 18.5 Å². The predicted octanol–water partition coefficient (Wildman–Crippen LogP) is -0.245. The lowest BCUT2D eigenvalue weighted by Gasteiger charge is -2.06. The van der Waals surface area contributed by atoms with Crippen LogP contribution in [-0.4, -0.2) is 41.7 Å². The van der Waals surface area contributed by atoms with Crippen LogP contribution in [0, 0.1) is 5.82 Å². The second-order valence-corrected chi connectivity index (χ2v) is 4.47. The topological polar surface area (TPSA) is 120 Å². The number of aliphatic hydroxyl groups excluding tert-OH is 1. The van der Waals surface area contributed by atoms with E-state index in [0.29, 0.717) is 0 Å². The highest BCUT2D eigenvalue weighted by Crippen LogP contribution is 2.12. The third-order valence-corrected chi connectivity index (χ3v) is 2.52. The number of para-hydroxylation sites is 1. The van der Waals surface area contributed by atoms with Crippen LogP contribution < -0.4 is 16.1 Å². The van der Waals surface area contributed by atoms with Crippen molar-refractivity contribution in [1.82, 2.24) is 10.7 Å². The van der Waals surface area contributed by atoms with E-state index in [4.69, 9.17) is 5.11 Å². The smallest absolute Gasteiger partial charge is 0.329 e. The van der Waals surface area contributed by atoms with Crippen molar-refractivity contribution in [3.63, 3.8) is 0 Å². The third-order valence-electron chi connectivity index (χ3n) is 2.52. The summed E-state index contributed by atoms with van der Waals surface area (Å²) < 4.78 is 13.4. The Morgan fingerprint density at radius 1 is 1.22 bits per heavy atom. The van der Waals surface area contributed by atoms with Gasteiger partial charge in [-0.05, 0) is 19.1 Å². The number of carbonyl (C=O) groups is 3. The summed E-state index contributed by atoms with van der Waals surface area (Å²) in [6, 6.07) is 5.69. The Labute approximate surface area is 131 Å². The molecule has 0 aliphatic heterocycles. The number of nitrogens with zero attached hydrogens (tertiary/aromatic N) is 1. The molecule has 0 unspecified atom stereocenters. The number of rotatable bonds is 6. The lowest BCUT2D eigenvalue weighted by Crippen LogP contribution is -2.39. The minimum absolute atomic E-state index is 0.0396. The standard InChI is InChI=1S/C14H17FN4O4/c1-9(18-19-14(23)13(22)16-6-7-20)8-12(21)17-11-5-3-2-4-10(11)15/h2-5,20H,6-8H2,1H3,(H,16,22)(H,17,21)(H,19,23)/b18-9-. The van der Waals surface area contributed by atoms with Crippen molar-refractivity contribution in [3.8, 4) is 0 Å². The summed E-state index contributed by atoms with van der Waals surface area (Å²) in [4.78, 5) is 34.2. The van der Waals surface area contributed by atoms with Crippen LogP contribution >= 0.6 is 0 Å². The number of aliphatic hydroxyl groups is 1. The highest BCUT2D eigenvalue weighted by molar-refractivity contribution is 6.35. The molecule has 0 atom stereocenters. The van der Waals surface area contributed by atoms with Crippen LogP contribution in [0.4, 0.5) is 10.1 Å². The number of benzene rings is 1. The van der Waals surface area contributed by atoms with Gasteiger partial charge in [-0.2, -0.15) is 5.10 Å². The minimum Gasteiger partial charge on any atom is -0.395 e. The molecule has 4 N–H and O–H groups in total. The fraction of sp³-hybridized carbons (Fsp3) is 0.286. The molecular weight excluding hydrogens is 307 g/mol. The van der Waals surface area contributed by atoms with Crippen molar-refractivity contribution >= 4 is 29.1 Å². The predicted molar refractivity (Wildman–Crippen MR) is 81.0 cm³/mol. The Morgan fingerprint density at radius 2 is 1.91 bits per heavy atom. The number of hydrogen-bond donors (Lipinski definition) is 4. The second-order valence-electron chi connectivity index (χ2n) is 4.47. The first kappa shape index (κ1) is 18.2. The summed E-state index contributed by atoms with van der Waals surface area (Å²) >= 11 is 0. The molecule has 0 radical (unpaired) electrons. The summed E-state index contributed by atoms with van der Waals surface area (Å²) in [7, 11) is 0. The number of amides is 3. The van der Waals surface area contributed by atoms with E-state index in [0.717, 1.165) is 0 Å². The molecule has 0 saturated heterocycles. The number of nitrogens with one attached hydrogen (secondary N) is 3.